The topological polar surface area (TPSA) is 21.3 Å². The highest BCUT2D eigenvalue weighted by Gasteiger charge is 2.31. The van der Waals surface area contributed by atoms with Crippen molar-refractivity contribution < 1.29 is 17.9 Å². The Balaban J connectivity index is 2.60. The standard InChI is InChI=1S/C15H22F3NO/c1-11(2)19-10-14(3,4)9-12-5-7-13(8-6-12)20-15(16,17)18/h5-8,11,19H,9-10H2,1-4H3. The molecule has 114 valence electrons. The smallest absolute Gasteiger partial charge is 0.406 e. The van der Waals surface area contributed by atoms with Crippen LogP contribution < -0.4 is 10.1 Å². The van der Waals surface area contributed by atoms with Crippen LogP contribution >= 0.6 is 0 Å². The molecule has 20 heavy (non-hydrogen) atoms. The minimum absolute atomic E-state index is 0.0384. The second-order valence-corrected chi connectivity index (χ2v) is 6.07. The zero-order valence-electron chi connectivity index (χ0n) is 12.3. The first-order valence-corrected chi connectivity index (χ1v) is 6.65. The van der Waals surface area contributed by atoms with Crippen molar-refractivity contribution in [2.45, 2.75) is 46.5 Å². The van der Waals surface area contributed by atoms with Gasteiger partial charge in [-0.25, -0.2) is 0 Å². The molecule has 1 rings (SSSR count). The van der Waals surface area contributed by atoms with E-state index in [1.165, 1.54) is 12.1 Å². The fourth-order valence-electron chi connectivity index (χ4n) is 1.90. The second kappa shape index (κ2) is 6.48. The molecule has 0 saturated carbocycles. The fourth-order valence-corrected chi connectivity index (χ4v) is 1.90. The first kappa shape index (κ1) is 16.8. The third-order valence-corrected chi connectivity index (χ3v) is 2.83. The summed E-state index contributed by atoms with van der Waals surface area (Å²) in [5.74, 6) is -0.181. The molecule has 5 heteroatoms. The minimum atomic E-state index is -4.64. The third-order valence-electron chi connectivity index (χ3n) is 2.83. The summed E-state index contributed by atoms with van der Waals surface area (Å²) in [4.78, 5) is 0. The Hall–Kier alpha value is -1.23. The van der Waals surface area contributed by atoms with Crippen molar-refractivity contribution in [3.63, 3.8) is 0 Å². The second-order valence-electron chi connectivity index (χ2n) is 6.07. The summed E-state index contributed by atoms with van der Waals surface area (Å²) in [7, 11) is 0. The predicted molar refractivity (Wildman–Crippen MR) is 73.7 cm³/mol. The van der Waals surface area contributed by atoms with Crippen LogP contribution in [0.5, 0.6) is 5.75 Å². The van der Waals surface area contributed by atoms with Gasteiger partial charge in [0.15, 0.2) is 0 Å². The van der Waals surface area contributed by atoms with Crippen molar-refractivity contribution >= 4 is 0 Å². The highest BCUT2D eigenvalue weighted by Crippen LogP contribution is 2.25. The van der Waals surface area contributed by atoms with Gasteiger partial charge >= 0.3 is 6.36 Å². The van der Waals surface area contributed by atoms with Crippen LogP contribution in [0.1, 0.15) is 33.3 Å². The first-order chi connectivity index (χ1) is 9.07. The molecule has 0 aliphatic heterocycles. The van der Waals surface area contributed by atoms with E-state index in [2.05, 4.69) is 37.7 Å². The Bertz CT molecular complexity index is 410. The number of alkyl halides is 3. The quantitative estimate of drug-likeness (QED) is 0.849. The maximum Gasteiger partial charge on any atom is 0.573 e. The molecule has 0 atom stereocenters. The number of nitrogens with one attached hydrogen (secondary N) is 1. The largest absolute Gasteiger partial charge is 0.573 e. The molecule has 0 spiro atoms. The van der Waals surface area contributed by atoms with Crippen LogP contribution in [0.4, 0.5) is 13.2 Å². The van der Waals surface area contributed by atoms with Gasteiger partial charge in [-0.15, -0.1) is 13.2 Å². The van der Waals surface area contributed by atoms with Crippen LogP contribution in [0, 0.1) is 5.41 Å². The van der Waals surface area contributed by atoms with Gasteiger partial charge in [0.25, 0.3) is 0 Å². The molecule has 0 aliphatic rings. The summed E-state index contributed by atoms with van der Waals surface area (Å²) in [5.41, 5.74) is 1.03. The maximum atomic E-state index is 12.1. The summed E-state index contributed by atoms with van der Waals surface area (Å²) in [6.45, 7) is 9.27. The van der Waals surface area contributed by atoms with E-state index in [4.69, 9.17) is 0 Å². The number of rotatable bonds is 6. The Labute approximate surface area is 118 Å². The van der Waals surface area contributed by atoms with E-state index in [1.54, 1.807) is 12.1 Å². The maximum absolute atomic E-state index is 12.1. The molecule has 0 aromatic heterocycles. The van der Waals surface area contributed by atoms with Gasteiger partial charge in [0.05, 0.1) is 0 Å². The van der Waals surface area contributed by atoms with Crippen molar-refractivity contribution in [1.82, 2.24) is 5.32 Å². The summed E-state index contributed by atoms with van der Waals surface area (Å²) in [6.07, 6.45) is -3.85. The molecule has 0 radical (unpaired) electrons. The Morgan fingerprint density at radius 3 is 2.10 bits per heavy atom. The lowest BCUT2D eigenvalue weighted by molar-refractivity contribution is -0.274. The van der Waals surface area contributed by atoms with E-state index in [9.17, 15) is 13.2 Å². The molecule has 0 fully saturated rings. The van der Waals surface area contributed by atoms with E-state index < -0.39 is 6.36 Å². The minimum Gasteiger partial charge on any atom is -0.406 e. The van der Waals surface area contributed by atoms with Gasteiger partial charge in [-0.05, 0) is 29.5 Å². The molecular weight excluding hydrogens is 267 g/mol. The van der Waals surface area contributed by atoms with E-state index in [1.807, 2.05) is 0 Å². The number of benzene rings is 1. The highest BCUT2D eigenvalue weighted by molar-refractivity contribution is 5.28. The molecule has 1 aromatic rings. The lowest BCUT2D eigenvalue weighted by Crippen LogP contribution is -2.35. The van der Waals surface area contributed by atoms with E-state index in [0.29, 0.717) is 6.04 Å². The van der Waals surface area contributed by atoms with E-state index >= 15 is 0 Å². The van der Waals surface area contributed by atoms with Gasteiger partial charge in [0.1, 0.15) is 5.75 Å². The molecule has 0 amide bonds. The molecule has 2 nitrogen and oxygen atoms in total. The van der Waals surface area contributed by atoms with Crippen LogP contribution in [0.25, 0.3) is 0 Å². The van der Waals surface area contributed by atoms with Crippen molar-refractivity contribution in [3.8, 4) is 5.75 Å². The summed E-state index contributed by atoms with van der Waals surface area (Å²) in [5, 5.41) is 3.37. The number of halogens is 3. The van der Waals surface area contributed by atoms with Crippen molar-refractivity contribution in [3.05, 3.63) is 29.8 Å². The van der Waals surface area contributed by atoms with Gasteiger partial charge in [-0.2, -0.15) is 0 Å². The Morgan fingerprint density at radius 2 is 1.65 bits per heavy atom. The van der Waals surface area contributed by atoms with Gasteiger partial charge in [-0.3, -0.25) is 0 Å². The zero-order chi connectivity index (χ0) is 15.4. The van der Waals surface area contributed by atoms with Crippen molar-refractivity contribution in [2.24, 2.45) is 5.41 Å². The zero-order valence-corrected chi connectivity index (χ0v) is 12.3. The highest BCUT2D eigenvalue weighted by atomic mass is 19.4. The van der Waals surface area contributed by atoms with Crippen LogP contribution in [0.15, 0.2) is 24.3 Å². The monoisotopic (exact) mass is 289 g/mol. The molecular formula is C15H22F3NO. The average Bonchev–Trinajstić information content (AvgIpc) is 2.27. The Kier molecular flexibility index (Phi) is 5.45. The van der Waals surface area contributed by atoms with E-state index in [0.717, 1.165) is 18.5 Å². The molecule has 0 aliphatic carbocycles. The van der Waals surface area contributed by atoms with Crippen LogP contribution in [-0.4, -0.2) is 18.9 Å². The SMILES string of the molecule is CC(C)NCC(C)(C)Cc1ccc(OC(F)(F)F)cc1. The lowest BCUT2D eigenvalue weighted by Gasteiger charge is -2.26. The first-order valence-electron chi connectivity index (χ1n) is 6.65. The van der Waals surface area contributed by atoms with Crippen LogP contribution in [0.2, 0.25) is 0 Å². The molecule has 0 bridgehead atoms. The van der Waals surface area contributed by atoms with Crippen LogP contribution in [0.3, 0.4) is 0 Å². The molecule has 0 saturated heterocycles. The summed E-state index contributed by atoms with van der Waals surface area (Å²) in [6, 6.07) is 6.48. The van der Waals surface area contributed by atoms with Crippen LogP contribution in [-0.2, 0) is 6.42 Å². The number of ether oxygens (including phenoxy) is 1. The van der Waals surface area contributed by atoms with Gasteiger partial charge in [-0.1, -0.05) is 39.8 Å². The van der Waals surface area contributed by atoms with Crippen molar-refractivity contribution in [2.75, 3.05) is 6.54 Å². The fraction of sp³-hybridized carbons (Fsp3) is 0.600. The normalized spacial score (nSPS) is 12.8. The molecule has 0 unspecified atom stereocenters. The van der Waals surface area contributed by atoms with Crippen molar-refractivity contribution in [1.29, 1.82) is 0 Å². The number of hydrogen-bond donors (Lipinski definition) is 1. The van der Waals surface area contributed by atoms with E-state index in [-0.39, 0.29) is 11.2 Å². The molecule has 1 aromatic carbocycles. The van der Waals surface area contributed by atoms with Gasteiger partial charge < -0.3 is 10.1 Å². The molecule has 1 N–H and O–H groups in total. The summed E-state index contributed by atoms with van der Waals surface area (Å²) >= 11 is 0. The van der Waals surface area contributed by atoms with Gasteiger partial charge in [0.2, 0.25) is 0 Å². The Morgan fingerprint density at radius 1 is 1.10 bits per heavy atom. The summed E-state index contributed by atoms with van der Waals surface area (Å²) < 4.78 is 40.0. The average molecular weight is 289 g/mol. The number of hydrogen-bond acceptors (Lipinski definition) is 2. The predicted octanol–water partition coefficient (Wildman–Crippen LogP) is 4.15. The molecule has 0 heterocycles. The lowest BCUT2D eigenvalue weighted by atomic mass is 9.85. The third kappa shape index (κ3) is 6.80. The van der Waals surface area contributed by atoms with Gasteiger partial charge in [0, 0.05) is 12.6 Å².